The molecule has 1 amide bonds. The van der Waals surface area contributed by atoms with Crippen LogP contribution < -0.4 is 10.0 Å². The molecule has 0 heterocycles. The fourth-order valence-electron chi connectivity index (χ4n) is 1.87. The van der Waals surface area contributed by atoms with Gasteiger partial charge in [-0.3, -0.25) is 9.52 Å². The number of benzene rings is 2. The number of para-hydroxylation sites is 1. The van der Waals surface area contributed by atoms with Crippen molar-refractivity contribution in [1.82, 2.24) is 5.32 Å². The molecule has 2 rings (SSSR count). The number of hydrogen-bond acceptors (Lipinski definition) is 3. The van der Waals surface area contributed by atoms with Crippen molar-refractivity contribution in [2.45, 2.75) is 4.90 Å². The van der Waals surface area contributed by atoms with E-state index in [1.165, 1.54) is 30.3 Å². The minimum Gasteiger partial charge on any atom is -0.349 e. The van der Waals surface area contributed by atoms with E-state index in [-0.39, 0.29) is 22.7 Å². The number of hydrogen-bond donors (Lipinski definition) is 2. The van der Waals surface area contributed by atoms with Crippen LogP contribution in [0.5, 0.6) is 0 Å². The Balaban J connectivity index is 2.33. The molecule has 5 nitrogen and oxygen atoms in total. The summed E-state index contributed by atoms with van der Waals surface area (Å²) in [5.41, 5.74) is 0.411. The lowest BCUT2D eigenvalue weighted by Crippen LogP contribution is -2.25. The van der Waals surface area contributed by atoms with Crippen LogP contribution in [0.2, 0.25) is 5.02 Å². The largest absolute Gasteiger partial charge is 0.349 e. The molecule has 2 N–H and O–H groups in total. The van der Waals surface area contributed by atoms with Crippen molar-refractivity contribution in [3.05, 3.63) is 71.8 Å². The van der Waals surface area contributed by atoms with Gasteiger partial charge in [-0.15, -0.1) is 6.58 Å². The smallest absolute Gasteiger partial charge is 0.261 e. The van der Waals surface area contributed by atoms with Crippen molar-refractivity contribution in [2.75, 3.05) is 11.3 Å². The zero-order valence-electron chi connectivity index (χ0n) is 12.1. The van der Waals surface area contributed by atoms with Crippen LogP contribution in [0.3, 0.4) is 0 Å². The topological polar surface area (TPSA) is 75.3 Å². The normalized spacial score (nSPS) is 10.8. The van der Waals surface area contributed by atoms with Crippen molar-refractivity contribution in [1.29, 1.82) is 0 Å². The summed E-state index contributed by atoms with van der Waals surface area (Å²) in [6.45, 7) is 3.80. The molecule has 0 fully saturated rings. The maximum Gasteiger partial charge on any atom is 0.261 e. The zero-order chi connectivity index (χ0) is 16.9. The van der Waals surface area contributed by atoms with E-state index in [2.05, 4.69) is 16.6 Å². The summed E-state index contributed by atoms with van der Waals surface area (Å²) < 4.78 is 27.3. The second-order valence-corrected chi connectivity index (χ2v) is 6.73. The molecule has 0 atom stereocenters. The summed E-state index contributed by atoms with van der Waals surface area (Å²) in [5, 5.41) is 2.92. The summed E-state index contributed by atoms with van der Waals surface area (Å²) in [5.74, 6) is -0.394. The zero-order valence-corrected chi connectivity index (χ0v) is 13.7. The van der Waals surface area contributed by atoms with Gasteiger partial charge in [-0.25, -0.2) is 8.42 Å². The van der Waals surface area contributed by atoms with Crippen LogP contribution in [0.1, 0.15) is 10.4 Å². The number of amides is 1. The van der Waals surface area contributed by atoms with Crippen LogP contribution in [0, 0.1) is 0 Å². The van der Waals surface area contributed by atoms with Crippen LogP contribution >= 0.6 is 11.6 Å². The van der Waals surface area contributed by atoms with Gasteiger partial charge in [0.1, 0.15) is 0 Å². The minimum absolute atomic E-state index is 0.0197. The predicted octanol–water partition coefficient (Wildman–Crippen LogP) is 3.06. The van der Waals surface area contributed by atoms with Crippen molar-refractivity contribution >= 4 is 33.2 Å². The third-order valence-corrected chi connectivity index (χ3v) is 4.53. The van der Waals surface area contributed by atoms with E-state index in [0.717, 1.165) is 0 Å². The molecule has 2 aromatic carbocycles. The third kappa shape index (κ3) is 4.34. The third-order valence-electron chi connectivity index (χ3n) is 2.93. The van der Waals surface area contributed by atoms with Gasteiger partial charge in [-0.1, -0.05) is 35.9 Å². The van der Waals surface area contributed by atoms with E-state index in [1.54, 1.807) is 24.3 Å². The lowest BCUT2D eigenvalue weighted by molar-refractivity contribution is 0.0959. The summed E-state index contributed by atoms with van der Waals surface area (Å²) in [4.78, 5) is 12.1. The SMILES string of the molecule is C=CCNC(=O)c1ccccc1NS(=O)(=O)c1cccc(Cl)c1. The molecule has 0 aromatic heterocycles. The highest BCUT2D eigenvalue weighted by Gasteiger charge is 2.18. The molecule has 120 valence electrons. The quantitative estimate of drug-likeness (QED) is 0.786. The maximum absolute atomic E-state index is 12.4. The fourth-order valence-corrected chi connectivity index (χ4v) is 3.25. The van der Waals surface area contributed by atoms with Crippen molar-refractivity contribution in [3.63, 3.8) is 0 Å². The lowest BCUT2D eigenvalue weighted by atomic mass is 10.1. The second-order valence-electron chi connectivity index (χ2n) is 4.61. The summed E-state index contributed by atoms with van der Waals surface area (Å²) >= 11 is 5.83. The fraction of sp³-hybridized carbons (Fsp3) is 0.0625. The number of carbonyl (C=O) groups excluding carboxylic acids is 1. The highest BCUT2D eigenvalue weighted by Crippen LogP contribution is 2.22. The molecule has 2 aromatic rings. The van der Waals surface area contributed by atoms with Crippen molar-refractivity contribution in [3.8, 4) is 0 Å². The molecular formula is C16H15ClN2O3S. The Labute approximate surface area is 140 Å². The van der Waals surface area contributed by atoms with Gasteiger partial charge >= 0.3 is 0 Å². The molecule has 0 radical (unpaired) electrons. The van der Waals surface area contributed by atoms with Gasteiger partial charge in [0.25, 0.3) is 15.9 Å². The highest BCUT2D eigenvalue weighted by molar-refractivity contribution is 7.92. The number of rotatable bonds is 6. The average Bonchev–Trinajstić information content (AvgIpc) is 2.53. The Morgan fingerprint density at radius 1 is 1.17 bits per heavy atom. The van der Waals surface area contributed by atoms with Crippen LogP contribution in [0.15, 0.2) is 66.1 Å². The number of anilines is 1. The van der Waals surface area contributed by atoms with Gasteiger partial charge in [0, 0.05) is 11.6 Å². The van der Waals surface area contributed by atoms with Crippen molar-refractivity contribution < 1.29 is 13.2 Å². The van der Waals surface area contributed by atoms with Gasteiger partial charge in [0.15, 0.2) is 0 Å². The summed E-state index contributed by atoms with van der Waals surface area (Å²) in [6, 6.07) is 12.2. The number of halogens is 1. The summed E-state index contributed by atoms with van der Waals surface area (Å²) in [6.07, 6.45) is 1.54. The first kappa shape index (κ1) is 17.1. The van der Waals surface area contributed by atoms with Gasteiger partial charge < -0.3 is 5.32 Å². The number of nitrogens with one attached hydrogen (secondary N) is 2. The summed E-state index contributed by atoms with van der Waals surface area (Å²) in [7, 11) is -3.85. The molecular weight excluding hydrogens is 336 g/mol. The first-order valence-electron chi connectivity index (χ1n) is 6.70. The molecule has 0 unspecified atom stereocenters. The Morgan fingerprint density at radius 2 is 1.91 bits per heavy atom. The maximum atomic E-state index is 12.4. The molecule has 0 aliphatic heterocycles. The second kappa shape index (κ2) is 7.30. The highest BCUT2D eigenvalue weighted by atomic mass is 35.5. The molecule has 0 spiro atoms. The van der Waals surface area contributed by atoms with Gasteiger partial charge in [-0.2, -0.15) is 0 Å². The van der Waals surface area contributed by atoms with Gasteiger partial charge in [0.05, 0.1) is 16.1 Å². The first-order chi connectivity index (χ1) is 10.9. The Bertz CT molecular complexity index is 835. The average molecular weight is 351 g/mol. The Morgan fingerprint density at radius 3 is 2.61 bits per heavy atom. The van der Waals surface area contributed by atoms with Gasteiger partial charge in [-0.05, 0) is 30.3 Å². The number of carbonyl (C=O) groups is 1. The van der Waals surface area contributed by atoms with Gasteiger partial charge in [0.2, 0.25) is 0 Å². The Hall–Kier alpha value is -2.31. The minimum atomic E-state index is -3.85. The van der Waals surface area contributed by atoms with Crippen LogP contribution in [0.4, 0.5) is 5.69 Å². The predicted molar refractivity (Wildman–Crippen MR) is 91.2 cm³/mol. The lowest BCUT2D eigenvalue weighted by Gasteiger charge is -2.12. The van der Waals surface area contributed by atoms with Crippen LogP contribution in [0.25, 0.3) is 0 Å². The molecule has 23 heavy (non-hydrogen) atoms. The molecule has 0 aliphatic rings. The monoisotopic (exact) mass is 350 g/mol. The molecule has 0 bridgehead atoms. The van der Waals surface area contributed by atoms with Crippen LogP contribution in [-0.2, 0) is 10.0 Å². The van der Waals surface area contributed by atoms with E-state index in [0.29, 0.717) is 5.02 Å². The van der Waals surface area contributed by atoms with E-state index < -0.39 is 15.9 Å². The Kier molecular flexibility index (Phi) is 5.41. The molecule has 7 heteroatoms. The van der Waals surface area contributed by atoms with E-state index >= 15 is 0 Å². The van der Waals surface area contributed by atoms with E-state index in [1.807, 2.05) is 0 Å². The molecule has 0 aliphatic carbocycles. The molecule has 0 saturated heterocycles. The molecule has 0 saturated carbocycles. The van der Waals surface area contributed by atoms with E-state index in [4.69, 9.17) is 11.6 Å². The van der Waals surface area contributed by atoms with E-state index in [9.17, 15) is 13.2 Å². The standard InChI is InChI=1S/C16H15ClN2O3S/c1-2-10-18-16(20)14-8-3-4-9-15(14)19-23(21,22)13-7-5-6-12(17)11-13/h2-9,11,19H,1,10H2,(H,18,20). The first-order valence-corrected chi connectivity index (χ1v) is 8.56. The number of sulfonamides is 1. The van der Waals surface area contributed by atoms with Crippen molar-refractivity contribution in [2.24, 2.45) is 0 Å². The van der Waals surface area contributed by atoms with Crippen LogP contribution in [-0.4, -0.2) is 20.9 Å².